The monoisotopic (exact) mass is 307 g/mol. The molecule has 0 N–H and O–H groups in total. The fourth-order valence-corrected chi connectivity index (χ4v) is 2.92. The second-order valence-electron chi connectivity index (χ2n) is 5.96. The lowest BCUT2D eigenvalue weighted by Crippen LogP contribution is -2.65. The number of rotatable bonds is 6. The molecular formula is C20H21NO2. The molecule has 1 heterocycles. The van der Waals surface area contributed by atoms with E-state index in [1.165, 1.54) is 0 Å². The van der Waals surface area contributed by atoms with Crippen molar-refractivity contribution in [1.29, 1.82) is 0 Å². The van der Waals surface area contributed by atoms with Gasteiger partial charge in [-0.15, -0.1) is 0 Å². The molecule has 3 rings (SSSR count). The highest BCUT2D eigenvalue weighted by atomic mass is 16.5. The third-order valence-electron chi connectivity index (χ3n) is 4.12. The van der Waals surface area contributed by atoms with Crippen LogP contribution in [0.2, 0.25) is 0 Å². The Balaban J connectivity index is 1.65. The number of benzene rings is 2. The van der Waals surface area contributed by atoms with Crippen LogP contribution in [0.25, 0.3) is 0 Å². The predicted octanol–water partition coefficient (Wildman–Crippen LogP) is 3.56. The maximum absolute atomic E-state index is 12.5. The minimum atomic E-state index is -0.420. The van der Waals surface area contributed by atoms with Crippen LogP contribution in [-0.4, -0.2) is 23.0 Å². The van der Waals surface area contributed by atoms with Crippen LogP contribution >= 0.6 is 0 Å². The van der Waals surface area contributed by atoms with Gasteiger partial charge in [-0.25, -0.2) is 0 Å². The summed E-state index contributed by atoms with van der Waals surface area (Å²) in [4.78, 5) is 14.3. The summed E-state index contributed by atoms with van der Waals surface area (Å²) in [5.41, 5.74) is 3.15. The van der Waals surface area contributed by atoms with Crippen LogP contribution in [0, 0.1) is 0 Å². The Morgan fingerprint density at radius 1 is 1.04 bits per heavy atom. The second kappa shape index (κ2) is 6.80. The van der Waals surface area contributed by atoms with Crippen LogP contribution in [0.5, 0.6) is 0 Å². The fraction of sp³-hybridized carbons (Fsp3) is 0.250. The molecule has 0 aliphatic carbocycles. The van der Waals surface area contributed by atoms with E-state index in [2.05, 4.69) is 6.58 Å². The standard InChI is InChI=1S/C20H21NO2/c1-15(2)18-19(23-14-17-11-7-4-8-12-17)20(22)21(18)13-16-9-5-3-6-10-16/h3-12,18-19H,1,13-14H2,2H3/t18-,19+/m0/s1. The Kier molecular flexibility index (Phi) is 4.58. The normalized spacial score (nSPS) is 20.2. The quantitative estimate of drug-likeness (QED) is 0.603. The van der Waals surface area contributed by atoms with Gasteiger partial charge in [-0.1, -0.05) is 72.8 Å². The first-order chi connectivity index (χ1) is 11.2. The molecule has 2 atom stereocenters. The molecule has 1 aliphatic heterocycles. The molecule has 2 aromatic rings. The summed E-state index contributed by atoms with van der Waals surface area (Å²) < 4.78 is 5.87. The van der Waals surface area contributed by atoms with Crippen molar-refractivity contribution in [2.75, 3.05) is 0 Å². The summed E-state index contributed by atoms with van der Waals surface area (Å²) in [6, 6.07) is 19.9. The molecule has 0 spiro atoms. The van der Waals surface area contributed by atoms with E-state index in [4.69, 9.17) is 4.74 Å². The molecule has 0 saturated carbocycles. The lowest BCUT2D eigenvalue weighted by Gasteiger charge is -2.47. The first-order valence-electron chi connectivity index (χ1n) is 7.82. The summed E-state index contributed by atoms with van der Waals surface area (Å²) in [6.07, 6.45) is -0.420. The van der Waals surface area contributed by atoms with Gasteiger partial charge in [0.25, 0.3) is 5.91 Å². The molecule has 0 unspecified atom stereocenters. The Morgan fingerprint density at radius 2 is 1.61 bits per heavy atom. The molecule has 0 bridgehead atoms. The number of likely N-dealkylation sites (tertiary alicyclic amines) is 1. The van der Waals surface area contributed by atoms with E-state index < -0.39 is 6.10 Å². The molecule has 3 heteroatoms. The van der Waals surface area contributed by atoms with Gasteiger partial charge in [-0.3, -0.25) is 4.79 Å². The van der Waals surface area contributed by atoms with Crippen LogP contribution in [-0.2, 0) is 22.7 Å². The minimum Gasteiger partial charge on any atom is -0.361 e. The van der Waals surface area contributed by atoms with Gasteiger partial charge < -0.3 is 9.64 Å². The van der Waals surface area contributed by atoms with Crippen molar-refractivity contribution in [1.82, 2.24) is 4.90 Å². The Morgan fingerprint density at radius 3 is 2.17 bits per heavy atom. The number of β-lactam (4-membered cyclic amide) rings is 1. The molecule has 1 fully saturated rings. The van der Waals surface area contributed by atoms with E-state index in [9.17, 15) is 4.79 Å². The van der Waals surface area contributed by atoms with Gasteiger partial charge in [0.2, 0.25) is 0 Å². The number of ether oxygens (including phenoxy) is 1. The van der Waals surface area contributed by atoms with Crippen molar-refractivity contribution >= 4 is 5.91 Å². The highest BCUT2D eigenvalue weighted by molar-refractivity contribution is 5.89. The van der Waals surface area contributed by atoms with Crippen molar-refractivity contribution in [3.8, 4) is 0 Å². The third kappa shape index (κ3) is 3.35. The van der Waals surface area contributed by atoms with Crippen LogP contribution in [0.3, 0.4) is 0 Å². The zero-order chi connectivity index (χ0) is 16.2. The number of carbonyl (C=O) groups is 1. The van der Waals surface area contributed by atoms with Crippen LogP contribution < -0.4 is 0 Å². The van der Waals surface area contributed by atoms with Crippen molar-refractivity contribution in [2.45, 2.75) is 32.2 Å². The largest absolute Gasteiger partial charge is 0.361 e. The molecule has 0 radical (unpaired) electrons. The zero-order valence-electron chi connectivity index (χ0n) is 13.3. The first-order valence-corrected chi connectivity index (χ1v) is 7.82. The summed E-state index contributed by atoms with van der Waals surface area (Å²) in [5.74, 6) is 0.0396. The number of amides is 1. The molecule has 1 amide bonds. The minimum absolute atomic E-state index is 0.0396. The number of hydrogen-bond donors (Lipinski definition) is 0. The SMILES string of the molecule is C=C(C)[C@H]1[C@@H](OCc2ccccc2)C(=O)N1Cc1ccccc1. The van der Waals surface area contributed by atoms with Crippen molar-refractivity contribution in [3.63, 3.8) is 0 Å². The summed E-state index contributed by atoms with van der Waals surface area (Å²) in [7, 11) is 0. The molecule has 0 aromatic heterocycles. The van der Waals surface area contributed by atoms with Gasteiger partial charge in [0.15, 0.2) is 6.10 Å². The first kappa shape index (κ1) is 15.5. The molecule has 1 aliphatic rings. The highest BCUT2D eigenvalue weighted by Crippen LogP contribution is 2.30. The smallest absolute Gasteiger partial charge is 0.255 e. The average molecular weight is 307 g/mol. The van der Waals surface area contributed by atoms with E-state index in [-0.39, 0.29) is 11.9 Å². The van der Waals surface area contributed by atoms with Crippen LogP contribution in [0.4, 0.5) is 0 Å². The summed E-state index contributed by atoms with van der Waals surface area (Å²) >= 11 is 0. The number of hydrogen-bond acceptors (Lipinski definition) is 2. The van der Waals surface area contributed by atoms with Gasteiger partial charge in [-0.05, 0) is 18.1 Å². The van der Waals surface area contributed by atoms with Crippen molar-refractivity contribution in [2.24, 2.45) is 0 Å². The van der Waals surface area contributed by atoms with E-state index in [0.29, 0.717) is 13.2 Å². The van der Waals surface area contributed by atoms with E-state index in [1.54, 1.807) is 0 Å². The molecule has 3 nitrogen and oxygen atoms in total. The van der Waals surface area contributed by atoms with Gasteiger partial charge in [0, 0.05) is 6.54 Å². The molecule has 2 aromatic carbocycles. The molecule has 23 heavy (non-hydrogen) atoms. The summed E-state index contributed by atoms with van der Waals surface area (Å²) in [5, 5.41) is 0. The fourth-order valence-electron chi connectivity index (χ4n) is 2.92. The van der Waals surface area contributed by atoms with Crippen molar-refractivity contribution < 1.29 is 9.53 Å². The van der Waals surface area contributed by atoms with E-state index >= 15 is 0 Å². The average Bonchev–Trinajstić information content (AvgIpc) is 2.58. The number of nitrogens with zero attached hydrogens (tertiary/aromatic N) is 1. The van der Waals surface area contributed by atoms with Gasteiger partial charge >= 0.3 is 0 Å². The van der Waals surface area contributed by atoms with Crippen LogP contribution in [0.1, 0.15) is 18.1 Å². The summed E-state index contributed by atoms with van der Waals surface area (Å²) in [6.45, 7) is 7.03. The third-order valence-corrected chi connectivity index (χ3v) is 4.12. The maximum atomic E-state index is 12.5. The second-order valence-corrected chi connectivity index (χ2v) is 5.96. The van der Waals surface area contributed by atoms with Crippen LogP contribution in [0.15, 0.2) is 72.8 Å². The molecule has 1 saturated heterocycles. The van der Waals surface area contributed by atoms with Gasteiger partial charge in [0.05, 0.1) is 12.6 Å². The lowest BCUT2D eigenvalue weighted by atomic mass is 9.91. The molecule has 118 valence electrons. The van der Waals surface area contributed by atoms with Crippen molar-refractivity contribution in [3.05, 3.63) is 83.9 Å². The predicted molar refractivity (Wildman–Crippen MR) is 90.6 cm³/mol. The molecular weight excluding hydrogens is 286 g/mol. The van der Waals surface area contributed by atoms with E-state index in [1.807, 2.05) is 72.5 Å². The van der Waals surface area contributed by atoms with E-state index in [0.717, 1.165) is 16.7 Å². The Hall–Kier alpha value is -2.39. The lowest BCUT2D eigenvalue weighted by molar-refractivity contribution is -0.173. The Labute approximate surface area is 137 Å². The highest BCUT2D eigenvalue weighted by Gasteiger charge is 2.48. The topological polar surface area (TPSA) is 29.5 Å². The number of carbonyl (C=O) groups excluding carboxylic acids is 1. The Bertz CT molecular complexity index is 681. The van der Waals surface area contributed by atoms with Gasteiger partial charge in [0.1, 0.15) is 0 Å². The zero-order valence-corrected chi connectivity index (χ0v) is 13.3. The maximum Gasteiger partial charge on any atom is 0.255 e. The van der Waals surface area contributed by atoms with Gasteiger partial charge in [-0.2, -0.15) is 0 Å².